The molecule has 1 rings (SSSR count). The minimum Gasteiger partial charge on any atom is -0.468 e. The second-order valence-corrected chi connectivity index (χ2v) is 4.95. The van der Waals surface area contributed by atoms with Crippen molar-refractivity contribution in [2.45, 2.75) is 45.6 Å². The van der Waals surface area contributed by atoms with E-state index in [1.54, 1.807) is 0 Å². The van der Waals surface area contributed by atoms with Gasteiger partial charge in [-0.3, -0.25) is 4.79 Å². The van der Waals surface area contributed by atoms with Crippen LogP contribution < -0.4 is 5.32 Å². The molecule has 14 heavy (non-hydrogen) atoms. The van der Waals surface area contributed by atoms with Crippen LogP contribution in [0.5, 0.6) is 0 Å². The largest absolute Gasteiger partial charge is 0.468 e. The molecule has 0 aromatic heterocycles. The summed E-state index contributed by atoms with van der Waals surface area (Å²) in [5.41, 5.74) is -0.177. The Hall–Kier alpha value is -0.570. The minimum atomic E-state index is -0.424. The van der Waals surface area contributed by atoms with Crippen molar-refractivity contribution < 1.29 is 9.53 Å². The third kappa shape index (κ3) is 2.08. The molecule has 0 heterocycles. The Morgan fingerprint density at radius 3 is 2.43 bits per heavy atom. The highest BCUT2D eigenvalue weighted by atomic mass is 16.5. The van der Waals surface area contributed by atoms with E-state index in [1.165, 1.54) is 7.11 Å². The highest BCUT2D eigenvalue weighted by Crippen LogP contribution is 2.44. The Bertz CT molecular complexity index is 225. The molecule has 0 aromatic carbocycles. The van der Waals surface area contributed by atoms with Crippen LogP contribution in [0, 0.1) is 5.41 Å². The first-order valence-electron chi connectivity index (χ1n) is 5.29. The van der Waals surface area contributed by atoms with Crippen LogP contribution >= 0.6 is 0 Å². The van der Waals surface area contributed by atoms with Gasteiger partial charge in [-0.15, -0.1) is 0 Å². The van der Waals surface area contributed by atoms with Gasteiger partial charge in [0.25, 0.3) is 0 Å². The van der Waals surface area contributed by atoms with Crippen molar-refractivity contribution in [1.82, 2.24) is 5.32 Å². The van der Waals surface area contributed by atoms with Crippen LogP contribution in [0.1, 0.15) is 40.0 Å². The maximum atomic E-state index is 11.7. The molecule has 82 valence electrons. The van der Waals surface area contributed by atoms with Gasteiger partial charge in [-0.1, -0.05) is 20.8 Å². The molecule has 1 atom stereocenters. The van der Waals surface area contributed by atoms with Crippen LogP contribution in [0.4, 0.5) is 0 Å². The summed E-state index contributed by atoms with van der Waals surface area (Å²) in [6.07, 6.45) is 2.84. The summed E-state index contributed by atoms with van der Waals surface area (Å²) in [7, 11) is 1.47. The highest BCUT2D eigenvalue weighted by molar-refractivity contribution is 5.81. The zero-order valence-corrected chi connectivity index (χ0v) is 9.64. The zero-order chi connectivity index (χ0) is 10.8. The number of carbonyl (C=O) groups excluding carboxylic acids is 1. The minimum absolute atomic E-state index is 0.107. The molecular weight excluding hydrogens is 178 g/mol. The van der Waals surface area contributed by atoms with E-state index >= 15 is 0 Å². The van der Waals surface area contributed by atoms with Gasteiger partial charge in [0, 0.05) is 0 Å². The number of rotatable bonds is 3. The van der Waals surface area contributed by atoms with E-state index in [-0.39, 0.29) is 11.4 Å². The summed E-state index contributed by atoms with van der Waals surface area (Å²) in [5, 5.41) is 3.29. The van der Waals surface area contributed by atoms with Crippen molar-refractivity contribution in [2.75, 3.05) is 13.7 Å². The average molecular weight is 199 g/mol. The van der Waals surface area contributed by atoms with Crippen LogP contribution in [0.25, 0.3) is 0 Å². The summed E-state index contributed by atoms with van der Waals surface area (Å²) in [6, 6.07) is 0. The molecule has 0 spiro atoms. The van der Waals surface area contributed by atoms with Gasteiger partial charge >= 0.3 is 5.97 Å². The second-order valence-electron chi connectivity index (χ2n) is 4.95. The maximum absolute atomic E-state index is 11.7. The highest BCUT2D eigenvalue weighted by Gasteiger charge is 2.48. The molecule has 0 aromatic rings. The number of esters is 1. The Balaban J connectivity index is 2.80. The number of likely N-dealkylation sites (N-methyl/N-ethyl adjacent to an activating group) is 1. The number of hydrogen-bond acceptors (Lipinski definition) is 3. The molecule has 0 saturated heterocycles. The van der Waals surface area contributed by atoms with Gasteiger partial charge in [-0.05, 0) is 31.2 Å². The molecule has 1 aliphatic carbocycles. The summed E-state index contributed by atoms with van der Waals surface area (Å²) in [6.45, 7) is 7.24. The van der Waals surface area contributed by atoms with Crippen LogP contribution in [0.3, 0.4) is 0 Å². The van der Waals surface area contributed by atoms with E-state index in [9.17, 15) is 4.79 Å². The van der Waals surface area contributed by atoms with Gasteiger partial charge in [-0.25, -0.2) is 0 Å². The molecule has 3 heteroatoms. The van der Waals surface area contributed by atoms with Gasteiger partial charge in [0.05, 0.1) is 7.11 Å². The molecule has 0 aliphatic heterocycles. The molecule has 1 saturated carbocycles. The molecule has 0 bridgehead atoms. The van der Waals surface area contributed by atoms with E-state index < -0.39 is 5.54 Å². The lowest BCUT2D eigenvalue weighted by Crippen LogP contribution is -2.51. The lowest BCUT2D eigenvalue weighted by atomic mass is 9.87. The smallest absolute Gasteiger partial charge is 0.326 e. The molecule has 1 N–H and O–H groups in total. The van der Waals surface area contributed by atoms with Crippen molar-refractivity contribution in [3.63, 3.8) is 0 Å². The van der Waals surface area contributed by atoms with Crippen molar-refractivity contribution in [3.05, 3.63) is 0 Å². The zero-order valence-electron chi connectivity index (χ0n) is 9.64. The molecular formula is C11H21NO2. The second kappa shape index (κ2) is 3.89. The molecule has 1 fully saturated rings. The third-order valence-electron chi connectivity index (χ3n) is 3.10. The lowest BCUT2D eigenvalue weighted by Gasteiger charge is -2.28. The first-order chi connectivity index (χ1) is 6.46. The van der Waals surface area contributed by atoms with Gasteiger partial charge in [-0.2, -0.15) is 0 Å². The predicted octanol–water partition coefficient (Wildman–Crippen LogP) is 1.72. The molecule has 3 nitrogen and oxygen atoms in total. The number of methoxy groups -OCH3 is 1. The maximum Gasteiger partial charge on any atom is 0.326 e. The van der Waals surface area contributed by atoms with E-state index in [0.29, 0.717) is 0 Å². The Morgan fingerprint density at radius 2 is 2.07 bits per heavy atom. The molecule has 1 unspecified atom stereocenters. The van der Waals surface area contributed by atoms with E-state index in [4.69, 9.17) is 4.74 Å². The number of carbonyl (C=O) groups is 1. The number of ether oxygens (including phenoxy) is 1. The molecule has 0 radical (unpaired) electrons. The standard InChI is InChI=1S/C11H21NO2/c1-5-12-11(9(13)14-4)7-6-10(2,3)8-11/h12H,5-8H2,1-4H3. The normalized spacial score (nSPS) is 30.3. The van der Waals surface area contributed by atoms with Gasteiger partial charge in [0.1, 0.15) is 5.54 Å². The van der Waals surface area contributed by atoms with Crippen molar-refractivity contribution in [1.29, 1.82) is 0 Å². The van der Waals surface area contributed by atoms with Gasteiger partial charge in [0.2, 0.25) is 0 Å². The monoisotopic (exact) mass is 199 g/mol. The topological polar surface area (TPSA) is 38.3 Å². The van der Waals surface area contributed by atoms with Gasteiger partial charge < -0.3 is 10.1 Å². The SMILES string of the molecule is CCNC1(C(=O)OC)CCC(C)(C)C1. The molecule has 1 aliphatic rings. The van der Waals surface area contributed by atoms with E-state index in [0.717, 1.165) is 25.8 Å². The number of hydrogen-bond donors (Lipinski definition) is 1. The summed E-state index contributed by atoms with van der Waals surface area (Å²) < 4.78 is 4.88. The van der Waals surface area contributed by atoms with Crippen LogP contribution in [-0.4, -0.2) is 25.2 Å². The van der Waals surface area contributed by atoms with E-state index in [2.05, 4.69) is 19.2 Å². The first kappa shape index (κ1) is 11.5. The Kier molecular flexibility index (Phi) is 3.20. The fourth-order valence-corrected chi connectivity index (χ4v) is 2.48. The lowest BCUT2D eigenvalue weighted by molar-refractivity contribution is -0.148. The Labute approximate surface area is 86.2 Å². The summed E-state index contributed by atoms with van der Waals surface area (Å²) >= 11 is 0. The van der Waals surface area contributed by atoms with Gasteiger partial charge in [0.15, 0.2) is 0 Å². The Morgan fingerprint density at radius 1 is 1.43 bits per heavy atom. The molecule has 0 amide bonds. The van der Waals surface area contributed by atoms with Crippen LogP contribution in [0.15, 0.2) is 0 Å². The van der Waals surface area contributed by atoms with Crippen molar-refractivity contribution >= 4 is 5.97 Å². The van der Waals surface area contributed by atoms with Crippen molar-refractivity contribution in [3.8, 4) is 0 Å². The summed E-state index contributed by atoms with van der Waals surface area (Å²) in [5.74, 6) is -0.107. The quantitative estimate of drug-likeness (QED) is 0.703. The average Bonchev–Trinajstić information content (AvgIpc) is 2.42. The first-order valence-corrected chi connectivity index (χ1v) is 5.29. The van der Waals surface area contributed by atoms with Crippen LogP contribution in [-0.2, 0) is 9.53 Å². The van der Waals surface area contributed by atoms with E-state index in [1.807, 2.05) is 6.92 Å². The van der Waals surface area contributed by atoms with Crippen molar-refractivity contribution in [2.24, 2.45) is 5.41 Å². The fraction of sp³-hybridized carbons (Fsp3) is 0.909. The predicted molar refractivity (Wildman–Crippen MR) is 56.1 cm³/mol. The number of nitrogens with one attached hydrogen (secondary N) is 1. The van der Waals surface area contributed by atoms with Crippen LogP contribution in [0.2, 0.25) is 0 Å². The fourth-order valence-electron chi connectivity index (χ4n) is 2.48. The third-order valence-corrected chi connectivity index (χ3v) is 3.10. The summed E-state index contributed by atoms with van der Waals surface area (Å²) in [4.78, 5) is 11.7.